The molecule has 4 rings (SSSR count). The van der Waals surface area contributed by atoms with Crippen LogP contribution in [0.25, 0.3) is 0 Å². The van der Waals surface area contributed by atoms with Crippen molar-refractivity contribution in [2.75, 3.05) is 0 Å². The minimum Gasteiger partial charge on any atom is -0.352 e. The summed E-state index contributed by atoms with van der Waals surface area (Å²) in [5.41, 5.74) is 4.06. The number of amides is 1. The number of fused-ring (bicyclic) bond motifs is 1. The maximum Gasteiger partial charge on any atom is 0.237 e. The smallest absolute Gasteiger partial charge is 0.237 e. The number of hydrogen-bond acceptors (Lipinski definition) is 2. The van der Waals surface area contributed by atoms with E-state index < -0.39 is 0 Å². The van der Waals surface area contributed by atoms with E-state index in [1.165, 1.54) is 16.7 Å². The molecular weight excluding hydrogens is 344 g/mol. The fraction of sp³-hybridized carbons (Fsp3) is 0.409. The molecule has 138 valence electrons. The maximum atomic E-state index is 12.7. The van der Waals surface area contributed by atoms with Crippen LogP contribution in [0.15, 0.2) is 54.6 Å². The van der Waals surface area contributed by atoms with Gasteiger partial charge in [0.1, 0.15) is 0 Å². The highest BCUT2D eigenvalue weighted by Gasteiger charge is 2.28. The Morgan fingerprint density at radius 2 is 1.54 bits per heavy atom. The number of carbonyl (C=O) groups is 1. The molecule has 1 aliphatic carbocycles. The van der Waals surface area contributed by atoms with Crippen LogP contribution in [0.3, 0.4) is 0 Å². The van der Waals surface area contributed by atoms with Gasteiger partial charge in [0.25, 0.3) is 0 Å². The lowest BCUT2D eigenvalue weighted by Gasteiger charge is -2.32. The minimum absolute atomic E-state index is 0. The molecule has 4 heteroatoms. The first-order valence-electron chi connectivity index (χ1n) is 9.45. The molecule has 1 aliphatic heterocycles. The monoisotopic (exact) mass is 370 g/mol. The van der Waals surface area contributed by atoms with Crippen LogP contribution in [-0.4, -0.2) is 18.0 Å². The first kappa shape index (κ1) is 18.9. The fourth-order valence-corrected chi connectivity index (χ4v) is 4.24. The van der Waals surface area contributed by atoms with Gasteiger partial charge in [-0.3, -0.25) is 4.79 Å². The average molecular weight is 371 g/mol. The molecule has 2 aliphatic rings. The molecule has 0 radical (unpaired) electrons. The number of carbonyl (C=O) groups excluding carboxylic acids is 1. The second kappa shape index (κ2) is 8.70. The molecule has 2 aromatic rings. The highest BCUT2D eigenvalue weighted by Crippen LogP contribution is 2.32. The lowest BCUT2D eigenvalue weighted by Crippen LogP contribution is -2.50. The molecule has 1 heterocycles. The summed E-state index contributed by atoms with van der Waals surface area (Å²) in [4.78, 5) is 12.7. The van der Waals surface area contributed by atoms with Gasteiger partial charge in [-0.15, -0.1) is 12.4 Å². The molecular formula is C22H27ClN2O. The van der Waals surface area contributed by atoms with E-state index in [4.69, 9.17) is 0 Å². The first-order valence-corrected chi connectivity index (χ1v) is 9.45. The van der Waals surface area contributed by atoms with Gasteiger partial charge in [0.2, 0.25) is 5.91 Å². The van der Waals surface area contributed by atoms with E-state index >= 15 is 0 Å². The summed E-state index contributed by atoms with van der Waals surface area (Å²) in [7, 11) is 0. The lowest BCUT2D eigenvalue weighted by molar-refractivity contribution is -0.124. The molecule has 3 nitrogen and oxygen atoms in total. The third-order valence-corrected chi connectivity index (χ3v) is 5.74. The predicted molar refractivity (Wildman–Crippen MR) is 108 cm³/mol. The van der Waals surface area contributed by atoms with E-state index in [1.807, 2.05) is 0 Å². The zero-order valence-electron chi connectivity index (χ0n) is 15.0. The summed E-state index contributed by atoms with van der Waals surface area (Å²) < 4.78 is 0. The summed E-state index contributed by atoms with van der Waals surface area (Å²) in [6.07, 6.45) is 5.27. The molecule has 1 amide bonds. The molecule has 26 heavy (non-hydrogen) atoms. The van der Waals surface area contributed by atoms with E-state index in [9.17, 15) is 4.79 Å². The number of nitrogens with one attached hydrogen (secondary N) is 2. The van der Waals surface area contributed by atoms with Crippen molar-refractivity contribution in [1.82, 2.24) is 10.6 Å². The van der Waals surface area contributed by atoms with E-state index in [0.717, 1.165) is 38.6 Å². The van der Waals surface area contributed by atoms with Gasteiger partial charge in [-0.2, -0.15) is 0 Å². The van der Waals surface area contributed by atoms with Crippen molar-refractivity contribution < 1.29 is 4.79 Å². The molecule has 0 bridgehead atoms. The van der Waals surface area contributed by atoms with Crippen molar-refractivity contribution in [1.29, 1.82) is 0 Å². The quantitative estimate of drug-likeness (QED) is 0.858. The third kappa shape index (κ3) is 4.28. The number of halogens is 1. The zero-order valence-corrected chi connectivity index (χ0v) is 15.8. The van der Waals surface area contributed by atoms with Gasteiger partial charge in [0.05, 0.1) is 6.04 Å². The largest absolute Gasteiger partial charge is 0.352 e. The van der Waals surface area contributed by atoms with Crippen molar-refractivity contribution in [2.24, 2.45) is 0 Å². The Morgan fingerprint density at radius 1 is 0.885 bits per heavy atom. The molecule has 1 saturated carbocycles. The standard InChI is InChI=1S/C22H26N2O.ClH/c25-22(21-14-18-8-4-5-9-19(18)15-23-21)24-20-12-10-17(11-13-20)16-6-2-1-3-7-16;/h1-9,17,20-21,23H,10-15H2,(H,24,25);1H. The summed E-state index contributed by atoms with van der Waals surface area (Å²) in [5.74, 6) is 0.812. The zero-order chi connectivity index (χ0) is 17.1. The van der Waals surface area contributed by atoms with E-state index in [2.05, 4.69) is 65.2 Å². The second-order valence-electron chi connectivity index (χ2n) is 7.37. The first-order chi connectivity index (χ1) is 12.3. The molecule has 0 spiro atoms. The van der Waals surface area contributed by atoms with Gasteiger partial charge in [-0.05, 0) is 54.7 Å². The maximum absolute atomic E-state index is 12.7. The minimum atomic E-state index is -0.0956. The Hall–Kier alpha value is -1.84. The predicted octanol–water partition coefficient (Wildman–Crippen LogP) is 3.97. The van der Waals surface area contributed by atoms with Gasteiger partial charge in [-0.1, -0.05) is 54.6 Å². The summed E-state index contributed by atoms with van der Waals surface area (Å²) in [6, 6.07) is 19.4. The normalized spacial score (nSPS) is 24.8. The molecule has 1 atom stereocenters. The van der Waals surface area contributed by atoms with E-state index in [0.29, 0.717) is 12.0 Å². The Kier molecular flexibility index (Phi) is 6.33. The van der Waals surface area contributed by atoms with Crippen LogP contribution in [0, 0.1) is 0 Å². The molecule has 2 N–H and O–H groups in total. The highest BCUT2D eigenvalue weighted by molar-refractivity contribution is 5.85. The van der Waals surface area contributed by atoms with Crippen molar-refractivity contribution >= 4 is 18.3 Å². The Morgan fingerprint density at radius 3 is 2.27 bits per heavy atom. The third-order valence-electron chi connectivity index (χ3n) is 5.74. The Bertz CT molecular complexity index is 726. The van der Waals surface area contributed by atoms with Crippen molar-refractivity contribution in [3.05, 3.63) is 71.3 Å². The van der Waals surface area contributed by atoms with Crippen molar-refractivity contribution in [2.45, 2.75) is 56.7 Å². The number of rotatable bonds is 3. The van der Waals surface area contributed by atoms with Gasteiger partial charge in [-0.25, -0.2) is 0 Å². The van der Waals surface area contributed by atoms with Crippen LogP contribution in [0.2, 0.25) is 0 Å². The van der Waals surface area contributed by atoms with Gasteiger partial charge >= 0.3 is 0 Å². The average Bonchev–Trinajstić information content (AvgIpc) is 2.69. The van der Waals surface area contributed by atoms with Crippen LogP contribution in [0.1, 0.15) is 48.3 Å². The highest BCUT2D eigenvalue weighted by atomic mass is 35.5. The lowest BCUT2D eigenvalue weighted by atomic mass is 9.81. The van der Waals surface area contributed by atoms with Crippen LogP contribution in [0.4, 0.5) is 0 Å². The van der Waals surface area contributed by atoms with E-state index in [1.54, 1.807) is 0 Å². The number of hydrogen-bond donors (Lipinski definition) is 2. The van der Waals surface area contributed by atoms with Crippen molar-refractivity contribution in [3.8, 4) is 0 Å². The van der Waals surface area contributed by atoms with Crippen LogP contribution in [-0.2, 0) is 17.8 Å². The Balaban J connectivity index is 0.00000196. The van der Waals surface area contributed by atoms with Gasteiger partial charge in [0, 0.05) is 12.6 Å². The van der Waals surface area contributed by atoms with Crippen molar-refractivity contribution in [3.63, 3.8) is 0 Å². The topological polar surface area (TPSA) is 41.1 Å². The van der Waals surface area contributed by atoms with Gasteiger partial charge in [0.15, 0.2) is 0 Å². The fourth-order valence-electron chi connectivity index (χ4n) is 4.24. The van der Waals surface area contributed by atoms with Crippen LogP contribution >= 0.6 is 12.4 Å². The second-order valence-corrected chi connectivity index (χ2v) is 7.37. The van der Waals surface area contributed by atoms with E-state index in [-0.39, 0.29) is 24.4 Å². The molecule has 1 unspecified atom stereocenters. The Labute approximate surface area is 162 Å². The summed E-state index contributed by atoms with van der Waals surface area (Å²) in [5, 5.41) is 6.68. The molecule has 1 fully saturated rings. The van der Waals surface area contributed by atoms with Gasteiger partial charge < -0.3 is 10.6 Å². The summed E-state index contributed by atoms with van der Waals surface area (Å²) >= 11 is 0. The SMILES string of the molecule is Cl.O=C(NC1CCC(c2ccccc2)CC1)C1Cc2ccccc2CN1. The van der Waals surface area contributed by atoms with Crippen LogP contribution in [0.5, 0.6) is 0 Å². The number of benzene rings is 2. The molecule has 0 aromatic heterocycles. The summed E-state index contributed by atoms with van der Waals surface area (Å²) in [6.45, 7) is 0.787. The molecule has 0 saturated heterocycles. The van der Waals surface area contributed by atoms with Crippen LogP contribution < -0.4 is 10.6 Å². The molecule has 2 aromatic carbocycles.